The van der Waals surface area contributed by atoms with Gasteiger partial charge in [-0.05, 0) is 12.3 Å². The van der Waals surface area contributed by atoms with Gasteiger partial charge in [-0.25, -0.2) is 0 Å². The summed E-state index contributed by atoms with van der Waals surface area (Å²) in [5.41, 5.74) is 0. The molecule has 0 spiro atoms. The van der Waals surface area contributed by atoms with Crippen molar-refractivity contribution in [2.45, 2.75) is 39.7 Å². The van der Waals surface area contributed by atoms with Crippen LogP contribution in [0.3, 0.4) is 0 Å². The second kappa shape index (κ2) is 5.06. The van der Waals surface area contributed by atoms with E-state index in [1.807, 2.05) is 20.8 Å². The molecule has 0 bridgehead atoms. The monoisotopic (exact) mass is 179 g/mol. The van der Waals surface area contributed by atoms with Crippen molar-refractivity contribution >= 4 is 5.91 Å². The molecule has 1 unspecified atom stereocenters. The van der Waals surface area contributed by atoms with Gasteiger partial charge in [0.15, 0.2) is 0 Å². The van der Waals surface area contributed by atoms with E-state index in [2.05, 4.69) is 5.32 Å². The Kier molecular flexibility index (Phi) is 4.78. The van der Waals surface area contributed by atoms with Crippen molar-refractivity contribution in [1.82, 2.24) is 5.32 Å². The van der Waals surface area contributed by atoms with Crippen molar-refractivity contribution in [1.29, 1.82) is 0 Å². The number of rotatable bonds is 4. The highest BCUT2D eigenvalue weighted by Crippen LogP contribution is 2.06. The molecule has 72 valence electrons. The van der Waals surface area contributed by atoms with Gasteiger partial charge < -0.3 is 5.32 Å². The van der Waals surface area contributed by atoms with E-state index >= 15 is 0 Å². The zero-order valence-electron chi connectivity index (χ0n) is 7.60. The average molecular weight is 179 g/mol. The molecule has 0 radical (unpaired) electrons. The van der Waals surface area contributed by atoms with Crippen molar-refractivity contribution in [3.8, 4) is 0 Å². The topological polar surface area (TPSA) is 29.1 Å². The van der Waals surface area contributed by atoms with Crippen molar-refractivity contribution < 1.29 is 13.6 Å². The van der Waals surface area contributed by atoms with Crippen molar-refractivity contribution in [2.75, 3.05) is 0 Å². The molecule has 2 nitrogen and oxygen atoms in total. The number of amides is 1. The molecular formula is C8H15F2NO. The SMILES string of the molecule is CCC(NC(=O)C(F)F)C(C)C. The predicted octanol–water partition coefficient (Wildman–Crippen LogP) is 1.80. The summed E-state index contributed by atoms with van der Waals surface area (Å²) in [6.45, 7) is 5.64. The third-order valence-corrected chi connectivity index (χ3v) is 1.77. The fraction of sp³-hybridized carbons (Fsp3) is 0.875. The molecule has 0 aromatic rings. The molecular weight excluding hydrogens is 164 g/mol. The van der Waals surface area contributed by atoms with Gasteiger partial charge >= 0.3 is 6.43 Å². The molecule has 0 fully saturated rings. The maximum absolute atomic E-state index is 11.8. The maximum atomic E-state index is 11.8. The van der Waals surface area contributed by atoms with Crippen molar-refractivity contribution in [3.63, 3.8) is 0 Å². The van der Waals surface area contributed by atoms with E-state index in [9.17, 15) is 13.6 Å². The molecule has 0 aliphatic heterocycles. The fourth-order valence-electron chi connectivity index (χ4n) is 0.986. The zero-order valence-corrected chi connectivity index (χ0v) is 7.60. The first-order valence-electron chi connectivity index (χ1n) is 4.07. The van der Waals surface area contributed by atoms with Crippen LogP contribution < -0.4 is 5.32 Å². The van der Waals surface area contributed by atoms with E-state index in [4.69, 9.17) is 0 Å². The lowest BCUT2D eigenvalue weighted by Crippen LogP contribution is -2.41. The summed E-state index contributed by atoms with van der Waals surface area (Å²) in [6.07, 6.45) is -2.23. The van der Waals surface area contributed by atoms with Crippen LogP contribution in [-0.2, 0) is 4.79 Å². The third-order valence-electron chi connectivity index (χ3n) is 1.77. The summed E-state index contributed by atoms with van der Waals surface area (Å²) in [5.74, 6) is -0.978. The van der Waals surface area contributed by atoms with Crippen LogP contribution >= 0.6 is 0 Å². The van der Waals surface area contributed by atoms with E-state index in [-0.39, 0.29) is 12.0 Å². The standard InChI is InChI=1S/C8H15F2NO/c1-4-6(5(2)3)11-8(12)7(9)10/h5-7H,4H2,1-3H3,(H,11,12). The summed E-state index contributed by atoms with van der Waals surface area (Å²) in [4.78, 5) is 10.6. The zero-order chi connectivity index (χ0) is 9.72. The lowest BCUT2D eigenvalue weighted by atomic mass is 10.0. The molecule has 12 heavy (non-hydrogen) atoms. The van der Waals surface area contributed by atoms with Gasteiger partial charge in [-0.15, -0.1) is 0 Å². The highest BCUT2D eigenvalue weighted by atomic mass is 19.3. The Hall–Kier alpha value is -0.670. The Balaban J connectivity index is 3.94. The minimum absolute atomic E-state index is 0.147. The minimum Gasteiger partial charge on any atom is -0.348 e. The van der Waals surface area contributed by atoms with E-state index in [0.717, 1.165) is 0 Å². The van der Waals surface area contributed by atoms with E-state index in [1.54, 1.807) is 0 Å². The van der Waals surface area contributed by atoms with Gasteiger partial charge in [-0.2, -0.15) is 8.78 Å². The van der Waals surface area contributed by atoms with E-state index in [0.29, 0.717) is 6.42 Å². The molecule has 0 aliphatic rings. The largest absolute Gasteiger partial charge is 0.348 e. The van der Waals surface area contributed by atoms with E-state index in [1.165, 1.54) is 0 Å². The minimum atomic E-state index is -2.90. The third kappa shape index (κ3) is 3.64. The van der Waals surface area contributed by atoms with Gasteiger partial charge in [0, 0.05) is 6.04 Å². The maximum Gasteiger partial charge on any atom is 0.315 e. The van der Waals surface area contributed by atoms with Crippen LogP contribution in [0.2, 0.25) is 0 Å². The van der Waals surface area contributed by atoms with Crippen LogP contribution in [0, 0.1) is 5.92 Å². The molecule has 0 saturated carbocycles. The second-order valence-corrected chi connectivity index (χ2v) is 3.07. The molecule has 0 heterocycles. The summed E-state index contributed by atoms with van der Waals surface area (Å²) in [5, 5.41) is 2.28. The van der Waals surface area contributed by atoms with Gasteiger partial charge in [-0.3, -0.25) is 4.79 Å². The van der Waals surface area contributed by atoms with Crippen molar-refractivity contribution in [3.05, 3.63) is 0 Å². The number of hydrogen-bond acceptors (Lipinski definition) is 1. The van der Waals surface area contributed by atoms with Gasteiger partial charge in [0.25, 0.3) is 5.91 Å². The molecule has 1 atom stereocenters. The molecule has 4 heteroatoms. The number of halogens is 2. The molecule has 1 amide bonds. The van der Waals surface area contributed by atoms with Crippen LogP contribution in [0.1, 0.15) is 27.2 Å². The normalized spacial score (nSPS) is 13.6. The molecule has 0 aromatic carbocycles. The van der Waals surface area contributed by atoms with Crippen LogP contribution in [0.25, 0.3) is 0 Å². The first-order chi connectivity index (χ1) is 5.49. The summed E-state index contributed by atoms with van der Waals surface area (Å²) in [7, 11) is 0. The molecule has 1 N–H and O–H groups in total. The van der Waals surface area contributed by atoms with Crippen molar-refractivity contribution in [2.24, 2.45) is 5.92 Å². The number of hydrogen-bond donors (Lipinski definition) is 1. The van der Waals surface area contributed by atoms with Crippen LogP contribution in [0.5, 0.6) is 0 Å². The number of carbonyl (C=O) groups excluding carboxylic acids is 1. The van der Waals surface area contributed by atoms with E-state index < -0.39 is 12.3 Å². The first-order valence-corrected chi connectivity index (χ1v) is 4.07. The lowest BCUT2D eigenvalue weighted by Gasteiger charge is -2.20. The molecule has 0 rings (SSSR count). The Labute approximate surface area is 71.3 Å². The van der Waals surface area contributed by atoms with Gasteiger partial charge in [-0.1, -0.05) is 20.8 Å². The summed E-state index contributed by atoms with van der Waals surface area (Å²) >= 11 is 0. The number of nitrogens with one attached hydrogen (secondary N) is 1. The quantitative estimate of drug-likeness (QED) is 0.700. The van der Waals surface area contributed by atoms with Gasteiger partial charge in [0.05, 0.1) is 0 Å². The average Bonchev–Trinajstić information content (AvgIpc) is 1.98. The number of carbonyl (C=O) groups is 1. The van der Waals surface area contributed by atoms with Crippen LogP contribution in [0.15, 0.2) is 0 Å². The smallest absolute Gasteiger partial charge is 0.315 e. The second-order valence-electron chi connectivity index (χ2n) is 3.07. The Morgan fingerprint density at radius 2 is 1.92 bits per heavy atom. The number of alkyl halides is 2. The highest BCUT2D eigenvalue weighted by molar-refractivity contribution is 5.79. The fourth-order valence-corrected chi connectivity index (χ4v) is 0.986. The first kappa shape index (κ1) is 11.3. The summed E-state index contributed by atoms with van der Waals surface area (Å²) in [6, 6.07) is -0.147. The summed E-state index contributed by atoms with van der Waals surface area (Å²) < 4.78 is 23.6. The van der Waals surface area contributed by atoms with Crippen LogP contribution in [-0.4, -0.2) is 18.4 Å². The Morgan fingerprint density at radius 1 is 1.42 bits per heavy atom. The predicted molar refractivity (Wildman–Crippen MR) is 43.1 cm³/mol. The Morgan fingerprint density at radius 3 is 2.17 bits per heavy atom. The molecule has 0 aromatic heterocycles. The van der Waals surface area contributed by atoms with Crippen LogP contribution in [0.4, 0.5) is 8.78 Å². The van der Waals surface area contributed by atoms with Gasteiger partial charge in [0.1, 0.15) is 0 Å². The highest BCUT2D eigenvalue weighted by Gasteiger charge is 2.20. The lowest BCUT2D eigenvalue weighted by molar-refractivity contribution is -0.132. The van der Waals surface area contributed by atoms with Gasteiger partial charge in [0.2, 0.25) is 0 Å². The molecule has 0 aliphatic carbocycles. The molecule has 0 saturated heterocycles. The Bertz CT molecular complexity index is 148.